The zero-order valence-corrected chi connectivity index (χ0v) is 11.0. The lowest BCUT2D eigenvalue weighted by molar-refractivity contribution is 0.0572. The predicted octanol–water partition coefficient (Wildman–Crippen LogP) is 0.421. The highest BCUT2D eigenvalue weighted by Gasteiger charge is 2.35. The van der Waals surface area contributed by atoms with Crippen molar-refractivity contribution in [3.63, 3.8) is 0 Å². The quantitative estimate of drug-likeness (QED) is 0.727. The number of nitrogens with two attached hydrogens (primary N) is 1. The van der Waals surface area contributed by atoms with Gasteiger partial charge in [-0.3, -0.25) is 4.90 Å². The Morgan fingerprint density at radius 3 is 2.11 bits per heavy atom. The number of likely N-dealkylation sites (tertiary alicyclic amines) is 1. The van der Waals surface area contributed by atoms with E-state index in [0.717, 1.165) is 5.56 Å². The lowest BCUT2D eigenvalue weighted by atomic mass is 9.98. The summed E-state index contributed by atoms with van der Waals surface area (Å²) in [7, 11) is 0. The molecule has 4 N–H and O–H groups in total. The Morgan fingerprint density at radius 2 is 1.67 bits per heavy atom. The van der Waals surface area contributed by atoms with Crippen LogP contribution in [0.1, 0.15) is 24.1 Å². The molecule has 0 radical (unpaired) electrons. The minimum absolute atomic E-state index is 0.0393. The second-order valence-corrected chi connectivity index (χ2v) is 5.30. The van der Waals surface area contributed by atoms with Crippen molar-refractivity contribution in [3.8, 4) is 0 Å². The number of aryl methyl sites for hydroxylation is 1. The molecule has 4 atom stereocenters. The summed E-state index contributed by atoms with van der Waals surface area (Å²) in [6, 6.07) is 8.25. The summed E-state index contributed by atoms with van der Waals surface area (Å²) < 4.78 is 0. The lowest BCUT2D eigenvalue weighted by Gasteiger charge is -2.31. The fourth-order valence-electron chi connectivity index (χ4n) is 2.64. The van der Waals surface area contributed by atoms with Gasteiger partial charge in [0.2, 0.25) is 0 Å². The van der Waals surface area contributed by atoms with Crippen molar-refractivity contribution in [2.24, 2.45) is 5.73 Å². The smallest absolute Gasteiger partial charge is 0.0938 e. The normalized spacial score (nSPS) is 28.3. The summed E-state index contributed by atoms with van der Waals surface area (Å²) in [4.78, 5) is 2.06. The van der Waals surface area contributed by atoms with Crippen molar-refractivity contribution in [3.05, 3.63) is 35.4 Å². The van der Waals surface area contributed by atoms with Crippen molar-refractivity contribution in [2.45, 2.75) is 38.1 Å². The van der Waals surface area contributed by atoms with Crippen LogP contribution in [0.25, 0.3) is 0 Å². The molecule has 18 heavy (non-hydrogen) atoms. The molecular weight excluding hydrogens is 228 g/mol. The van der Waals surface area contributed by atoms with E-state index in [9.17, 15) is 10.2 Å². The number of hydrogen-bond acceptors (Lipinski definition) is 4. The summed E-state index contributed by atoms with van der Waals surface area (Å²) in [5.74, 6) is 0. The predicted molar refractivity (Wildman–Crippen MR) is 71.2 cm³/mol. The third-order valence-corrected chi connectivity index (χ3v) is 3.60. The molecule has 100 valence electrons. The Hall–Kier alpha value is -0.940. The molecule has 4 unspecified atom stereocenters. The average molecular weight is 250 g/mol. The zero-order chi connectivity index (χ0) is 13.3. The molecule has 0 aliphatic carbocycles. The van der Waals surface area contributed by atoms with Gasteiger partial charge in [-0.2, -0.15) is 0 Å². The molecule has 1 saturated heterocycles. The van der Waals surface area contributed by atoms with Crippen LogP contribution >= 0.6 is 0 Å². The number of rotatable bonds is 3. The Morgan fingerprint density at radius 1 is 1.17 bits per heavy atom. The molecule has 0 spiro atoms. The Kier molecular flexibility index (Phi) is 4.02. The highest BCUT2D eigenvalue weighted by molar-refractivity contribution is 5.25. The van der Waals surface area contributed by atoms with Gasteiger partial charge in [0, 0.05) is 25.2 Å². The van der Waals surface area contributed by atoms with E-state index in [2.05, 4.69) is 29.2 Å². The van der Waals surface area contributed by atoms with E-state index in [4.69, 9.17) is 5.73 Å². The maximum absolute atomic E-state index is 9.66. The average Bonchev–Trinajstić information content (AvgIpc) is 2.61. The standard InChI is InChI=1S/C14H22N2O2/c1-9-3-5-11(6-4-9)14(10(2)15)16-7-12(17)13(18)8-16/h3-6,10,12-14,17-18H,7-8,15H2,1-2H3. The Bertz CT molecular complexity index is 381. The van der Waals surface area contributed by atoms with Crippen LogP contribution in [0.3, 0.4) is 0 Å². The first-order chi connectivity index (χ1) is 8.49. The highest BCUT2D eigenvalue weighted by atomic mass is 16.3. The molecule has 0 bridgehead atoms. The van der Waals surface area contributed by atoms with E-state index >= 15 is 0 Å². The third-order valence-electron chi connectivity index (χ3n) is 3.60. The molecule has 0 amide bonds. The number of benzene rings is 1. The molecule has 2 rings (SSSR count). The van der Waals surface area contributed by atoms with Crippen LogP contribution in [0.2, 0.25) is 0 Å². The Balaban J connectivity index is 2.21. The van der Waals surface area contributed by atoms with Gasteiger partial charge >= 0.3 is 0 Å². The molecule has 1 aromatic rings. The number of aliphatic hydroxyl groups excluding tert-OH is 2. The highest BCUT2D eigenvalue weighted by Crippen LogP contribution is 2.27. The SMILES string of the molecule is Cc1ccc(C(C(C)N)N2CC(O)C(O)C2)cc1. The van der Waals surface area contributed by atoms with Gasteiger partial charge in [-0.15, -0.1) is 0 Å². The van der Waals surface area contributed by atoms with Gasteiger partial charge in [0.25, 0.3) is 0 Å². The second-order valence-electron chi connectivity index (χ2n) is 5.30. The van der Waals surface area contributed by atoms with E-state index in [1.807, 2.05) is 13.8 Å². The molecule has 1 aromatic carbocycles. The molecular formula is C14H22N2O2. The van der Waals surface area contributed by atoms with Gasteiger partial charge in [-0.05, 0) is 19.4 Å². The largest absolute Gasteiger partial charge is 0.389 e. The molecule has 0 saturated carbocycles. The first kappa shape index (κ1) is 13.5. The third kappa shape index (κ3) is 2.72. The van der Waals surface area contributed by atoms with Crippen LogP contribution in [-0.4, -0.2) is 46.5 Å². The number of hydrogen-bond donors (Lipinski definition) is 3. The van der Waals surface area contributed by atoms with Crippen LogP contribution in [0.5, 0.6) is 0 Å². The number of aliphatic hydroxyl groups is 2. The monoisotopic (exact) mass is 250 g/mol. The van der Waals surface area contributed by atoms with Crippen LogP contribution < -0.4 is 5.73 Å². The molecule has 4 nitrogen and oxygen atoms in total. The molecule has 1 fully saturated rings. The van der Waals surface area contributed by atoms with Crippen LogP contribution in [0.15, 0.2) is 24.3 Å². The molecule has 0 aromatic heterocycles. The zero-order valence-electron chi connectivity index (χ0n) is 11.0. The van der Waals surface area contributed by atoms with Gasteiger partial charge in [0.15, 0.2) is 0 Å². The fourth-order valence-corrected chi connectivity index (χ4v) is 2.64. The van der Waals surface area contributed by atoms with E-state index in [-0.39, 0.29) is 12.1 Å². The Labute approximate surface area is 108 Å². The maximum Gasteiger partial charge on any atom is 0.0938 e. The number of β-amino-alcohol motifs (C(OH)–C–C–N with tert-alkyl or cyclic N) is 2. The molecule has 4 heteroatoms. The van der Waals surface area contributed by atoms with Crippen LogP contribution in [0.4, 0.5) is 0 Å². The first-order valence-corrected chi connectivity index (χ1v) is 6.41. The minimum atomic E-state index is -0.670. The van der Waals surface area contributed by atoms with E-state index < -0.39 is 12.2 Å². The topological polar surface area (TPSA) is 69.7 Å². The minimum Gasteiger partial charge on any atom is -0.389 e. The molecule has 1 aliphatic heterocycles. The summed E-state index contributed by atoms with van der Waals surface area (Å²) in [6.07, 6.45) is -1.34. The van der Waals surface area contributed by atoms with Crippen molar-refractivity contribution >= 4 is 0 Å². The van der Waals surface area contributed by atoms with Crippen molar-refractivity contribution < 1.29 is 10.2 Å². The van der Waals surface area contributed by atoms with Crippen LogP contribution in [0, 0.1) is 6.92 Å². The van der Waals surface area contributed by atoms with Crippen molar-refractivity contribution in [2.75, 3.05) is 13.1 Å². The fraction of sp³-hybridized carbons (Fsp3) is 0.571. The summed E-state index contributed by atoms with van der Waals surface area (Å²) in [6.45, 7) is 4.96. The molecule has 1 heterocycles. The van der Waals surface area contributed by atoms with Gasteiger partial charge in [0.05, 0.1) is 12.2 Å². The van der Waals surface area contributed by atoms with E-state index in [1.165, 1.54) is 5.56 Å². The van der Waals surface area contributed by atoms with Gasteiger partial charge < -0.3 is 15.9 Å². The van der Waals surface area contributed by atoms with Crippen molar-refractivity contribution in [1.82, 2.24) is 4.90 Å². The summed E-state index contributed by atoms with van der Waals surface area (Å²) in [5.41, 5.74) is 8.42. The summed E-state index contributed by atoms with van der Waals surface area (Å²) >= 11 is 0. The van der Waals surface area contributed by atoms with Gasteiger partial charge in [-0.25, -0.2) is 0 Å². The number of nitrogens with zero attached hydrogens (tertiary/aromatic N) is 1. The maximum atomic E-state index is 9.66. The van der Waals surface area contributed by atoms with Crippen LogP contribution in [-0.2, 0) is 0 Å². The summed E-state index contributed by atoms with van der Waals surface area (Å²) in [5, 5.41) is 19.3. The lowest BCUT2D eigenvalue weighted by Crippen LogP contribution is -2.39. The van der Waals surface area contributed by atoms with Gasteiger partial charge in [0.1, 0.15) is 0 Å². The van der Waals surface area contributed by atoms with Gasteiger partial charge in [-0.1, -0.05) is 29.8 Å². The van der Waals surface area contributed by atoms with Crippen molar-refractivity contribution in [1.29, 1.82) is 0 Å². The van der Waals surface area contributed by atoms with E-state index in [0.29, 0.717) is 13.1 Å². The molecule has 1 aliphatic rings. The second kappa shape index (κ2) is 5.36. The van der Waals surface area contributed by atoms with E-state index in [1.54, 1.807) is 0 Å². The first-order valence-electron chi connectivity index (χ1n) is 6.41.